The van der Waals surface area contributed by atoms with Crippen LogP contribution in [-0.4, -0.2) is 32.0 Å². The molecule has 6 nitrogen and oxygen atoms in total. The van der Waals surface area contributed by atoms with Crippen molar-refractivity contribution in [2.24, 2.45) is 0 Å². The Morgan fingerprint density at radius 1 is 1.05 bits per heavy atom. The van der Waals surface area contributed by atoms with Crippen molar-refractivity contribution >= 4 is 28.9 Å². The third-order valence-electron chi connectivity index (χ3n) is 7.53. The van der Waals surface area contributed by atoms with Crippen LogP contribution in [-0.2, 0) is 4.79 Å². The quantitative estimate of drug-likeness (QED) is 0.271. The Hall–Kier alpha value is -4.04. The molecule has 4 aromatic rings. The van der Waals surface area contributed by atoms with E-state index in [1.54, 1.807) is 24.4 Å². The Bertz CT molecular complexity index is 1530. The molecule has 2 aromatic heterocycles. The van der Waals surface area contributed by atoms with E-state index in [0.717, 1.165) is 28.3 Å². The van der Waals surface area contributed by atoms with Crippen LogP contribution in [0.1, 0.15) is 52.3 Å². The van der Waals surface area contributed by atoms with Crippen molar-refractivity contribution in [3.63, 3.8) is 0 Å². The number of rotatable bonds is 7. The largest absolute Gasteiger partial charge is 0.352 e. The second-order valence-corrected chi connectivity index (χ2v) is 10.4. The molecule has 0 saturated carbocycles. The van der Waals surface area contributed by atoms with Crippen molar-refractivity contribution in [3.8, 4) is 5.69 Å². The van der Waals surface area contributed by atoms with E-state index in [9.17, 15) is 9.18 Å². The number of carbonyl (C=O) groups excluding carboxylic acids is 1. The molecule has 1 aliphatic heterocycles. The summed E-state index contributed by atoms with van der Waals surface area (Å²) in [6.45, 7) is 8.88. The fourth-order valence-electron chi connectivity index (χ4n) is 5.42. The molecule has 3 heterocycles. The van der Waals surface area contributed by atoms with E-state index in [1.165, 1.54) is 17.2 Å². The topological polar surface area (TPSA) is 62.2 Å². The fraction of sp³-hybridized carbons (Fsp3) is 0.258. The molecular weight excluding hydrogens is 509 g/mol. The first-order valence-corrected chi connectivity index (χ1v) is 13.4. The Labute approximate surface area is 233 Å². The first-order valence-electron chi connectivity index (χ1n) is 13.0. The number of nitrogens with zero attached hydrogens (tertiary/aromatic N) is 3. The summed E-state index contributed by atoms with van der Waals surface area (Å²) in [5.41, 5.74) is 8.00. The SMILES string of the molecule is Cc1cccc(-n2c(C)cc(C3C(c4ccccn4)NC(=S)N3CCC(=O)Nc3ccccc3F)c2C)c1C. The standard InChI is InChI=1S/C31H32FN5OS/c1-19-10-9-14-27(21(19)3)37-20(2)18-23(22(37)4)30-29(26-13-7-8-16-33-26)35-31(39)36(30)17-15-28(38)34-25-12-6-5-11-24(25)32/h5-14,16,18,29-30H,15,17H2,1-4H3,(H,34,38)(H,35,39). The maximum absolute atomic E-state index is 14.1. The van der Waals surface area contributed by atoms with Crippen molar-refractivity contribution in [2.75, 3.05) is 11.9 Å². The van der Waals surface area contributed by atoms with Crippen molar-refractivity contribution in [1.82, 2.24) is 19.8 Å². The molecule has 0 bridgehead atoms. The smallest absolute Gasteiger partial charge is 0.226 e. The Morgan fingerprint density at radius 3 is 2.56 bits per heavy atom. The Balaban J connectivity index is 1.50. The van der Waals surface area contributed by atoms with Gasteiger partial charge in [0.05, 0.1) is 23.5 Å². The van der Waals surface area contributed by atoms with Gasteiger partial charge in [0.1, 0.15) is 5.82 Å². The highest BCUT2D eigenvalue weighted by Gasteiger charge is 2.41. The van der Waals surface area contributed by atoms with Gasteiger partial charge in [0.15, 0.2) is 5.11 Å². The zero-order valence-corrected chi connectivity index (χ0v) is 23.3. The highest BCUT2D eigenvalue weighted by atomic mass is 32.1. The molecule has 0 aliphatic carbocycles. The fourth-order valence-corrected chi connectivity index (χ4v) is 5.75. The van der Waals surface area contributed by atoms with Gasteiger partial charge < -0.3 is 20.1 Å². The molecule has 0 radical (unpaired) electrons. The molecule has 2 atom stereocenters. The number of amides is 1. The molecule has 200 valence electrons. The minimum Gasteiger partial charge on any atom is -0.352 e. The van der Waals surface area contributed by atoms with E-state index < -0.39 is 5.82 Å². The number of benzene rings is 2. The number of aromatic nitrogens is 2. The molecule has 0 spiro atoms. The first-order chi connectivity index (χ1) is 18.8. The minimum absolute atomic E-state index is 0.150. The number of anilines is 1. The number of nitrogens with one attached hydrogen (secondary N) is 2. The normalized spacial score (nSPS) is 16.8. The zero-order chi connectivity index (χ0) is 27.7. The van der Waals surface area contributed by atoms with Crippen molar-refractivity contribution in [2.45, 2.75) is 46.2 Å². The summed E-state index contributed by atoms with van der Waals surface area (Å²) in [7, 11) is 0. The molecule has 1 saturated heterocycles. The van der Waals surface area contributed by atoms with Gasteiger partial charge in [-0.3, -0.25) is 9.78 Å². The third kappa shape index (κ3) is 5.16. The number of pyridine rings is 1. The second-order valence-electron chi connectivity index (χ2n) is 9.98. The van der Waals surface area contributed by atoms with Gasteiger partial charge in [-0.05, 0) is 93.0 Å². The number of carbonyl (C=O) groups is 1. The predicted octanol–water partition coefficient (Wildman–Crippen LogP) is 6.25. The van der Waals surface area contributed by atoms with E-state index in [1.807, 2.05) is 18.2 Å². The van der Waals surface area contributed by atoms with Crippen LogP contribution in [0.15, 0.2) is 72.9 Å². The highest BCUT2D eigenvalue weighted by Crippen LogP contribution is 2.41. The number of aryl methyl sites for hydroxylation is 2. The number of halogens is 1. The molecule has 5 rings (SSSR count). The molecule has 2 aromatic carbocycles. The van der Waals surface area contributed by atoms with Gasteiger partial charge >= 0.3 is 0 Å². The van der Waals surface area contributed by atoms with Crippen LogP contribution in [0.3, 0.4) is 0 Å². The van der Waals surface area contributed by atoms with E-state index in [2.05, 4.69) is 77.0 Å². The monoisotopic (exact) mass is 541 g/mol. The average Bonchev–Trinajstić information content (AvgIpc) is 3.40. The van der Waals surface area contributed by atoms with Crippen LogP contribution in [0, 0.1) is 33.5 Å². The van der Waals surface area contributed by atoms with E-state index in [4.69, 9.17) is 12.2 Å². The highest BCUT2D eigenvalue weighted by molar-refractivity contribution is 7.80. The number of thiocarbonyl (C=S) groups is 1. The number of para-hydroxylation sites is 1. The van der Waals surface area contributed by atoms with Crippen LogP contribution in [0.4, 0.5) is 10.1 Å². The number of hydrogen-bond acceptors (Lipinski definition) is 3. The maximum Gasteiger partial charge on any atom is 0.226 e. The van der Waals surface area contributed by atoms with Crippen LogP contribution in [0.5, 0.6) is 0 Å². The minimum atomic E-state index is -0.462. The van der Waals surface area contributed by atoms with Gasteiger partial charge in [0, 0.05) is 36.2 Å². The third-order valence-corrected chi connectivity index (χ3v) is 7.88. The lowest BCUT2D eigenvalue weighted by molar-refractivity contribution is -0.116. The zero-order valence-electron chi connectivity index (χ0n) is 22.5. The lowest BCUT2D eigenvalue weighted by atomic mass is 9.96. The van der Waals surface area contributed by atoms with E-state index >= 15 is 0 Å². The van der Waals surface area contributed by atoms with E-state index in [-0.39, 0.29) is 30.1 Å². The van der Waals surface area contributed by atoms with Crippen LogP contribution >= 0.6 is 12.2 Å². The molecule has 39 heavy (non-hydrogen) atoms. The lowest BCUT2D eigenvalue weighted by Gasteiger charge is -2.28. The second kappa shape index (κ2) is 11.0. The van der Waals surface area contributed by atoms with Gasteiger partial charge in [-0.1, -0.05) is 30.3 Å². The lowest BCUT2D eigenvalue weighted by Crippen LogP contribution is -2.33. The molecule has 2 N–H and O–H groups in total. The molecule has 2 unspecified atom stereocenters. The van der Waals surface area contributed by atoms with Crippen molar-refractivity contribution in [1.29, 1.82) is 0 Å². The van der Waals surface area contributed by atoms with E-state index in [0.29, 0.717) is 11.7 Å². The molecule has 1 fully saturated rings. The summed E-state index contributed by atoms with van der Waals surface area (Å²) >= 11 is 5.80. The maximum atomic E-state index is 14.1. The average molecular weight is 542 g/mol. The first kappa shape index (κ1) is 26.6. The molecular formula is C31H32FN5OS. The van der Waals surface area contributed by atoms with Gasteiger partial charge in [0.25, 0.3) is 0 Å². The summed E-state index contributed by atoms with van der Waals surface area (Å²) in [5, 5.41) is 6.71. The molecule has 1 aliphatic rings. The van der Waals surface area contributed by atoms with Gasteiger partial charge in [-0.2, -0.15) is 0 Å². The summed E-state index contributed by atoms with van der Waals surface area (Å²) < 4.78 is 16.4. The molecule has 1 amide bonds. The van der Waals surface area contributed by atoms with Gasteiger partial charge in [-0.15, -0.1) is 0 Å². The number of hydrogen-bond donors (Lipinski definition) is 2. The summed E-state index contributed by atoms with van der Waals surface area (Å²) in [5.74, 6) is -0.736. The van der Waals surface area contributed by atoms with Gasteiger partial charge in [0.2, 0.25) is 5.91 Å². The van der Waals surface area contributed by atoms with Crippen LogP contribution in [0.25, 0.3) is 5.69 Å². The van der Waals surface area contributed by atoms with Crippen LogP contribution in [0.2, 0.25) is 0 Å². The summed E-state index contributed by atoms with van der Waals surface area (Å²) in [4.78, 5) is 19.5. The summed E-state index contributed by atoms with van der Waals surface area (Å²) in [6, 6.07) is 20.2. The van der Waals surface area contributed by atoms with Crippen molar-refractivity contribution in [3.05, 3.63) is 113 Å². The van der Waals surface area contributed by atoms with Crippen molar-refractivity contribution < 1.29 is 9.18 Å². The van der Waals surface area contributed by atoms with Gasteiger partial charge in [-0.25, -0.2) is 4.39 Å². The Kier molecular flexibility index (Phi) is 7.48. The summed E-state index contributed by atoms with van der Waals surface area (Å²) in [6.07, 6.45) is 1.93. The Morgan fingerprint density at radius 2 is 1.82 bits per heavy atom. The molecule has 8 heteroatoms. The predicted molar refractivity (Wildman–Crippen MR) is 157 cm³/mol. The van der Waals surface area contributed by atoms with Crippen LogP contribution < -0.4 is 10.6 Å².